The van der Waals surface area contributed by atoms with Gasteiger partial charge in [-0.3, -0.25) is 4.79 Å². The average Bonchev–Trinajstić information content (AvgIpc) is 2.47. The molecule has 1 N–H and O–H groups in total. The molecule has 1 unspecified atom stereocenters. The van der Waals surface area contributed by atoms with Gasteiger partial charge in [0.2, 0.25) is 0 Å². The van der Waals surface area contributed by atoms with Crippen molar-refractivity contribution in [2.45, 2.75) is 52.2 Å². The van der Waals surface area contributed by atoms with E-state index in [1.165, 1.54) is 0 Å². The fourth-order valence-electron chi connectivity index (χ4n) is 2.73. The highest BCUT2D eigenvalue weighted by molar-refractivity contribution is 9.10. The van der Waals surface area contributed by atoms with E-state index in [9.17, 15) is 9.59 Å². The Labute approximate surface area is 151 Å². The number of ether oxygens (including phenoxy) is 1. The lowest BCUT2D eigenvalue weighted by molar-refractivity contribution is 0.0452. The minimum atomic E-state index is -0.527. The molecule has 1 aliphatic heterocycles. The van der Waals surface area contributed by atoms with Crippen LogP contribution in [0.2, 0.25) is 0 Å². The molecule has 1 aliphatic rings. The Morgan fingerprint density at radius 1 is 1.33 bits per heavy atom. The molecular weight excluding hydrogens is 372 g/mol. The summed E-state index contributed by atoms with van der Waals surface area (Å²) >= 11 is 3.45. The third-order valence-corrected chi connectivity index (χ3v) is 4.47. The van der Waals surface area contributed by atoms with Crippen LogP contribution in [-0.2, 0) is 4.74 Å². The Kier molecular flexibility index (Phi) is 5.91. The van der Waals surface area contributed by atoms with Crippen molar-refractivity contribution in [3.05, 3.63) is 33.8 Å². The molecule has 2 amide bonds. The van der Waals surface area contributed by atoms with E-state index >= 15 is 0 Å². The van der Waals surface area contributed by atoms with Crippen LogP contribution in [0.25, 0.3) is 0 Å². The number of hydrogen-bond acceptors (Lipinski definition) is 3. The maximum absolute atomic E-state index is 12.8. The summed E-state index contributed by atoms with van der Waals surface area (Å²) in [5, 5.41) is 2.87. The molecule has 0 saturated carbocycles. The highest BCUT2D eigenvalue weighted by Gasteiger charge is 2.27. The molecular formula is C18H25BrN2O3. The van der Waals surface area contributed by atoms with E-state index in [1.54, 1.807) is 4.90 Å². The van der Waals surface area contributed by atoms with Gasteiger partial charge in [-0.2, -0.15) is 0 Å². The quantitative estimate of drug-likeness (QED) is 0.824. The Balaban J connectivity index is 2.01. The fraction of sp³-hybridized carbons (Fsp3) is 0.556. The highest BCUT2D eigenvalue weighted by Crippen LogP contribution is 2.22. The summed E-state index contributed by atoms with van der Waals surface area (Å²) in [5.41, 5.74) is 1.18. The molecule has 1 aromatic carbocycles. The van der Waals surface area contributed by atoms with Crippen molar-refractivity contribution in [3.8, 4) is 0 Å². The average molecular weight is 397 g/mol. The number of nitrogens with one attached hydrogen (secondary N) is 1. The molecule has 1 fully saturated rings. The first-order chi connectivity index (χ1) is 11.2. The number of amides is 2. The lowest BCUT2D eigenvalue weighted by atomic mass is 10.0. The second-order valence-corrected chi connectivity index (χ2v) is 8.07. The number of rotatable bonds is 2. The van der Waals surface area contributed by atoms with Gasteiger partial charge in [0.05, 0.1) is 5.56 Å². The van der Waals surface area contributed by atoms with E-state index < -0.39 is 11.7 Å². The highest BCUT2D eigenvalue weighted by atomic mass is 79.9. The van der Waals surface area contributed by atoms with Gasteiger partial charge in [-0.05, 0) is 68.6 Å². The third-order valence-electron chi connectivity index (χ3n) is 3.78. The number of hydrogen-bond donors (Lipinski definition) is 1. The van der Waals surface area contributed by atoms with Gasteiger partial charge in [-0.1, -0.05) is 11.6 Å². The Morgan fingerprint density at radius 3 is 2.71 bits per heavy atom. The molecule has 6 heteroatoms. The Hall–Kier alpha value is -1.56. The minimum absolute atomic E-state index is 0.0127. The fourth-order valence-corrected chi connectivity index (χ4v) is 3.14. The summed E-state index contributed by atoms with van der Waals surface area (Å²) in [5.74, 6) is -0.0127. The van der Waals surface area contributed by atoms with Gasteiger partial charge in [0.15, 0.2) is 0 Å². The van der Waals surface area contributed by atoms with Crippen molar-refractivity contribution in [2.24, 2.45) is 0 Å². The summed E-state index contributed by atoms with van der Waals surface area (Å²) in [6, 6.07) is 5.66. The van der Waals surface area contributed by atoms with Crippen molar-refractivity contribution in [3.63, 3.8) is 0 Å². The molecule has 0 bridgehead atoms. The number of carbonyl (C=O) groups is 2. The number of nitrogens with zero attached hydrogens (tertiary/aromatic N) is 1. The van der Waals surface area contributed by atoms with Crippen LogP contribution in [0.4, 0.5) is 4.79 Å². The molecule has 1 saturated heterocycles. The van der Waals surface area contributed by atoms with Crippen LogP contribution >= 0.6 is 15.9 Å². The molecule has 5 nitrogen and oxygen atoms in total. The monoisotopic (exact) mass is 396 g/mol. The van der Waals surface area contributed by atoms with Gasteiger partial charge >= 0.3 is 6.09 Å². The number of piperidine rings is 1. The minimum Gasteiger partial charge on any atom is -0.444 e. The van der Waals surface area contributed by atoms with Crippen molar-refractivity contribution in [2.75, 3.05) is 13.1 Å². The van der Waals surface area contributed by atoms with Gasteiger partial charge < -0.3 is 15.0 Å². The normalized spacial score (nSPS) is 18.2. The first-order valence-electron chi connectivity index (χ1n) is 8.20. The van der Waals surface area contributed by atoms with Gasteiger partial charge in [-0.15, -0.1) is 0 Å². The zero-order valence-electron chi connectivity index (χ0n) is 14.7. The molecule has 2 rings (SSSR count). The SMILES string of the molecule is Cc1ccc(Br)c(C(=O)N2CCCC(NC(=O)OC(C)(C)C)C2)c1. The van der Waals surface area contributed by atoms with Gasteiger partial charge in [0, 0.05) is 23.6 Å². The molecule has 1 atom stereocenters. The smallest absolute Gasteiger partial charge is 0.407 e. The predicted molar refractivity (Wildman–Crippen MR) is 97.2 cm³/mol. The standard InChI is InChI=1S/C18H25BrN2O3/c1-12-7-8-15(19)14(10-12)16(22)21-9-5-6-13(11-21)20-17(23)24-18(2,3)4/h7-8,10,13H,5-6,9,11H2,1-4H3,(H,20,23). The molecule has 1 heterocycles. The Bertz CT molecular complexity index is 625. The third kappa shape index (κ3) is 5.23. The number of carbonyl (C=O) groups excluding carboxylic acids is 2. The van der Waals surface area contributed by atoms with Crippen LogP contribution in [0.1, 0.15) is 49.5 Å². The van der Waals surface area contributed by atoms with Crippen LogP contribution in [0.5, 0.6) is 0 Å². The zero-order valence-corrected chi connectivity index (χ0v) is 16.3. The number of alkyl carbamates (subject to hydrolysis) is 1. The lowest BCUT2D eigenvalue weighted by Gasteiger charge is -2.34. The summed E-state index contributed by atoms with van der Waals surface area (Å²) in [4.78, 5) is 26.5. The Morgan fingerprint density at radius 2 is 2.04 bits per heavy atom. The van der Waals surface area contributed by atoms with E-state index in [0.717, 1.165) is 22.9 Å². The topological polar surface area (TPSA) is 58.6 Å². The van der Waals surface area contributed by atoms with Gasteiger partial charge in [0.25, 0.3) is 5.91 Å². The first kappa shape index (κ1) is 18.8. The number of benzene rings is 1. The molecule has 0 aromatic heterocycles. The van der Waals surface area contributed by atoms with Crippen molar-refractivity contribution in [1.29, 1.82) is 0 Å². The zero-order chi connectivity index (χ0) is 17.9. The van der Waals surface area contributed by atoms with Crippen LogP contribution in [0.3, 0.4) is 0 Å². The van der Waals surface area contributed by atoms with Crippen LogP contribution in [0.15, 0.2) is 22.7 Å². The van der Waals surface area contributed by atoms with E-state index in [-0.39, 0.29) is 11.9 Å². The maximum atomic E-state index is 12.8. The van der Waals surface area contributed by atoms with E-state index in [2.05, 4.69) is 21.2 Å². The first-order valence-corrected chi connectivity index (χ1v) is 9.00. The van der Waals surface area contributed by atoms with E-state index in [4.69, 9.17) is 4.74 Å². The predicted octanol–water partition coefficient (Wildman–Crippen LogP) is 3.89. The lowest BCUT2D eigenvalue weighted by Crippen LogP contribution is -2.50. The molecule has 1 aromatic rings. The molecule has 0 spiro atoms. The van der Waals surface area contributed by atoms with E-state index in [0.29, 0.717) is 18.7 Å². The summed E-state index contributed by atoms with van der Waals surface area (Å²) < 4.78 is 6.09. The van der Waals surface area contributed by atoms with Crippen molar-refractivity contribution in [1.82, 2.24) is 10.2 Å². The van der Waals surface area contributed by atoms with Crippen molar-refractivity contribution < 1.29 is 14.3 Å². The number of aryl methyl sites for hydroxylation is 1. The molecule has 0 radical (unpaired) electrons. The van der Waals surface area contributed by atoms with Gasteiger partial charge in [-0.25, -0.2) is 4.79 Å². The molecule has 132 valence electrons. The largest absolute Gasteiger partial charge is 0.444 e. The second-order valence-electron chi connectivity index (χ2n) is 7.22. The van der Waals surface area contributed by atoms with Crippen molar-refractivity contribution >= 4 is 27.9 Å². The summed E-state index contributed by atoms with van der Waals surface area (Å²) in [6.07, 6.45) is 1.27. The molecule has 24 heavy (non-hydrogen) atoms. The van der Waals surface area contributed by atoms with E-state index in [1.807, 2.05) is 45.9 Å². The van der Waals surface area contributed by atoms with Crippen LogP contribution < -0.4 is 5.32 Å². The molecule has 0 aliphatic carbocycles. The van der Waals surface area contributed by atoms with Crippen LogP contribution in [0, 0.1) is 6.92 Å². The second kappa shape index (κ2) is 7.55. The summed E-state index contributed by atoms with van der Waals surface area (Å²) in [7, 11) is 0. The number of halogens is 1. The van der Waals surface area contributed by atoms with Crippen LogP contribution in [-0.4, -0.2) is 41.6 Å². The maximum Gasteiger partial charge on any atom is 0.407 e. The van der Waals surface area contributed by atoms with Gasteiger partial charge in [0.1, 0.15) is 5.60 Å². The number of likely N-dealkylation sites (tertiary alicyclic amines) is 1. The summed E-state index contributed by atoms with van der Waals surface area (Å²) in [6.45, 7) is 8.66.